The number of halogens is 2. The maximum atomic E-state index is 13.3. The highest BCUT2D eigenvalue weighted by atomic mass is 79.9. The lowest BCUT2D eigenvalue weighted by molar-refractivity contribution is 0.0688. The van der Waals surface area contributed by atoms with Crippen LogP contribution in [-0.2, 0) is 0 Å². The monoisotopic (exact) mass is 328 g/mol. The van der Waals surface area contributed by atoms with Gasteiger partial charge in [-0.05, 0) is 59.8 Å². The van der Waals surface area contributed by atoms with Crippen LogP contribution in [0.5, 0.6) is 0 Å². The summed E-state index contributed by atoms with van der Waals surface area (Å²) in [4.78, 5) is 14.1. The van der Waals surface area contributed by atoms with E-state index in [0.717, 1.165) is 25.7 Å². The van der Waals surface area contributed by atoms with Gasteiger partial charge in [-0.3, -0.25) is 4.79 Å². The van der Waals surface area contributed by atoms with E-state index < -0.39 is 5.82 Å². The molecular weight excluding hydrogens is 311 g/mol. The fourth-order valence-corrected chi connectivity index (χ4v) is 2.92. The van der Waals surface area contributed by atoms with Gasteiger partial charge in [-0.15, -0.1) is 0 Å². The van der Waals surface area contributed by atoms with E-state index in [0.29, 0.717) is 10.0 Å². The first-order valence-corrected chi connectivity index (χ1v) is 7.26. The zero-order chi connectivity index (χ0) is 14.0. The molecule has 0 atom stereocenters. The fraction of sp³-hybridized carbons (Fsp3) is 0.500. The number of hydrogen-bond donors (Lipinski definition) is 1. The van der Waals surface area contributed by atoms with Crippen LogP contribution in [0.25, 0.3) is 0 Å². The zero-order valence-electron chi connectivity index (χ0n) is 10.9. The van der Waals surface area contributed by atoms with Crippen LogP contribution in [0.15, 0.2) is 22.7 Å². The molecule has 0 aliphatic heterocycles. The van der Waals surface area contributed by atoms with Gasteiger partial charge < -0.3 is 10.6 Å². The van der Waals surface area contributed by atoms with Crippen molar-refractivity contribution in [1.29, 1.82) is 0 Å². The van der Waals surface area contributed by atoms with Gasteiger partial charge in [-0.1, -0.05) is 0 Å². The van der Waals surface area contributed by atoms with Gasteiger partial charge in [0.05, 0.1) is 5.56 Å². The molecule has 1 saturated carbocycles. The molecule has 2 N–H and O–H groups in total. The Balaban J connectivity index is 2.12. The van der Waals surface area contributed by atoms with Crippen LogP contribution in [-0.4, -0.2) is 29.9 Å². The Bertz CT molecular complexity index is 473. The molecule has 1 aromatic rings. The number of benzene rings is 1. The summed E-state index contributed by atoms with van der Waals surface area (Å²) in [5, 5.41) is 0. The standard InChI is InChI=1S/C14H18BrFN2O/c1-18(11-5-3-10(17)4-6-11)14(19)12-8-9(16)2-7-13(12)15/h2,7-8,10-11H,3-6,17H2,1H3. The maximum absolute atomic E-state index is 13.3. The summed E-state index contributed by atoms with van der Waals surface area (Å²) in [5.41, 5.74) is 6.24. The molecule has 1 fully saturated rings. The van der Waals surface area contributed by atoms with Gasteiger partial charge in [0.15, 0.2) is 0 Å². The van der Waals surface area contributed by atoms with E-state index in [1.165, 1.54) is 12.1 Å². The third kappa shape index (κ3) is 3.34. The average molecular weight is 329 g/mol. The smallest absolute Gasteiger partial charge is 0.255 e. The van der Waals surface area contributed by atoms with Gasteiger partial charge in [-0.2, -0.15) is 0 Å². The summed E-state index contributed by atoms with van der Waals surface area (Å²) in [6.07, 6.45) is 3.70. The van der Waals surface area contributed by atoms with E-state index in [9.17, 15) is 9.18 Å². The topological polar surface area (TPSA) is 46.3 Å². The molecule has 1 aliphatic rings. The van der Waals surface area contributed by atoms with Crippen LogP contribution in [0.4, 0.5) is 4.39 Å². The van der Waals surface area contributed by atoms with Crippen molar-refractivity contribution in [3.8, 4) is 0 Å². The van der Waals surface area contributed by atoms with Crippen LogP contribution in [0.3, 0.4) is 0 Å². The molecule has 0 spiro atoms. The first-order valence-electron chi connectivity index (χ1n) is 6.47. The molecular formula is C14H18BrFN2O. The first-order chi connectivity index (χ1) is 8.99. The number of nitrogens with two attached hydrogens (primary N) is 1. The SMILES string of the molecule is CN(C(=O)c1cc(F)ccc1Br)C1CCC(N)CC1. The summed E-state index contributed by atoms with van der Waals surface area (Å²) >= 11 is 3.30. The van der Waals surface area contributed by atoms with Crippen molar-refractivity contribution in [2.75, 3.05) is 7.05 Å². The third-order valence-corrected chi connectivity index (χ3v) is 4.46. The van der Waals surface area contributed by atoms with Crippen molar-refractivity contribution in [3.63, 3.8) is 0 Å². The Hall–Kier alpha value is -0.940. The normalized spacial score (nSPS) is 23.2. The van der Waals surface area contributed by atoms with E-state index in [4.69, 9.17) is 5.73 Å². The molecule has 0 unspecified atom stereocenters. The second-order valence-corrected chi connectivity index (χ2v) is 5.96. The Morgan fingerprint density at radius 1 is 1.37 bits per heavy atom. The lowest BCUT2D eigenvalue weighted by Gasteiger charge is -2.33. The van der Waals surface area contributed by atoms with E-state index in [-0.39, 0.29) is 18.0 Å². The van der Waals surface area contributed by atoms with Gasteiger partial charge in [0.25, 0.3) is 5.91 Å². The second-order valence-electron chi connectivity index (χ2n) is 5.11. The second kappa shape index (κ2) is 6.01. The largest absolute Gasteiger partial charge is 0.339 e. The van der Waals surface area contributed by atoms with Crippen molar-refractivity contribution >= 4 is 21.8 Å². The summed E-state index contributed by atoms with van der Waals surface area (Å²) in [5.74, 6) is -0.544. The van der Waals surface area contributed by atoms with E-state index in [1.807, 2.05) is 0 Å². The molecule has 1 aromatic carbocycles. The van der Waals surface area contributed by atoms with Crippen LogP contribution in [0.2, 0.25) is 0 Å². The van der Waals surface area contributed by atoms with Crippen molar-refractivity contribution in [3.05, 3.63) is 34.1 Å². The maximum Gasteiger partial charge on any atom is 0.255 e. The van der Waals surface area contributed by atoms with E-state index in [1.54, 1.807) is 18.0 Å². The van der Waals surface area contributed by atoms with Crippen LogP contribution in [0.1, 0.15) is 36.0 Å². The quantitative estimate of drug-likeness (QED) is 0.907. The molecule has 1 amide bonds. The number of amides is 1. The number of carbonyl (C=O) groups excluding carboxylic acids is 1. The lowest BCUT2D eigenvalue weighted by atomic mass is 9.90. The Kier molecular flexibility index (Phi) is 4.58. The Morgan fingerprint density at radius 3 is 2.63 bits per heavy atom. The molecule has 1 aliphatic carbocycles. The zero-order valence-corrected chi connectivity index (χ0v) is 12.5. The molecule has 0 heterocycles. The fourth-order valence-electron chi connectivity index (χ4n) is 2.51. The van der Waals surface area contributed by atoms with Crippen LogP contribution in [0, 0.1) is 5.82 Å². The van der Waals surface area contributed by atoms with Crippen molar-refractivity contribution in [1.82, 2.24) is 4.90 Å². The van der Waals surface area contributed by atoms with Gasteiger partial charge in [0, 0.05) is 23.6 Å². The van der Waals surface area contributed by atoms with Gasteiger partial charge >= 0.3 is 0 Å². The molecule has 5 heteroatoms. The molecule has 0 saturated heterocycles. The van der Waals surface area contributed by atoms with Crippen LogP contribution < -0.4 is 5.73 Å². The molecule has 3 nitrogen and oxygen atoms in total. The Morgan fingerprint density at radius 2 is 2.00 bits per heavy atom. The number of nitrogens with zero attached hydrogens (tertiary/aromatic N) is 1. The molecule has 19 heavy (non-hydrogen) atoms. The number of hydrogen-bond acceptors (Lipinski definition) is 2. The van der Waals surface area contributed by atoms with Crippen molar-refractivity contribution in [2.24, 2.45) is 5.73 Å². The molecule has 0 radical (unpaired) electrons. The number of rotatable bonds is 2. The predicted octanol–water partition coefficient (Wildman–Crippen LogP) is 2.93. The highest BCUT2D eigenvalue weighted by Crippen LogP contribution is 2.25. The van der Waals surface area contributed by atoms with Crippen molar-refractivity contribution < 1.29 is 9.18 Å². The molecule has 2 rings (SSSR count). The van der Waals surface area contributed by atoms with Crippen LogP contribution >= 0.6 is 15.9 Å². The minimum atomic E-state index is -0.398. The predicted molar refractivity (Wildman–Crippen MR) is 76.4 cm³/mol. The summed E-state index contributed by atoms with van der Waals surface area (Å²) in [6, 6.07) is 4.62. The van der Waals surface area contributed by atoms with Gasteiger partial charge in [-0.25, -0.2) is 4.39 Å². The summed E-state index contributed by atoms with van der Waals surface area (Å²) in [7, 11) is 1.78. The first kappa shape index (κ1) is 14.5. The van der Waals surface area contributed by atoms with E-state index >= 15 is 0 Å². The molecule has 0 bridgehead atoms. The minimum absolute atomic E-state index is 0.146. The highest BCUT2D eigenvalue weighted by molar-refractivity contribution is 9.10. The van der Waals surface area contributed by atoms with Gasteiger partial charge in [0.2, 0.25) is 0 Å². The van der Waals surface area contributed by atoms with E-state index in [2.05, 4.69) is 15.9 Å². The summed E-state index contributed by atoms with van der Waals surface area (Å²) in [6.45, 7) is 0. The highest BCUT2D eigenvalue weighted by Gasteiger charge is 2.26. The minimum Gasteiger partial charge on any atom is -0.339 e. The number of carbonyl (C=O) groups is 1. The lowest BCUT2D eigenvalue weighted by Crippen LogP contribution is -2.42. The Labute approximate surface area is 121 Å². The summed E-state index contributed by atoms with van der Waals surface area (Å²) < 4.78 is 13.9. The molecule has 104 valence electrons. The van der Waals surface area contributed by atoms with Crippen molar-refractivity contribution in [2.45, 2.75) is 37.8 Å². The average Bonchev–Trinajstić information content (AvgIpc) is 2.41. The third-order valence-electron chi connectivity index (χ3n) is 3.77. The van der Waals surface area contributed by atoms with Gasteiger partial charge in [0.1, 0.15) is 5.82 Å². The molecule has 0 aromatic heterocycles.